The van der Waals surface area contributed by atoms with Gasteiger partial charge in [0.15, 0.2) is 5.78 Å². The third kappa shape index (κ3) is 4.79. The normalized spacial score (nSPS) is 11.9. The van der Waals surface area contributed by atoms with Crippen molar-refractivity contribution in [1.29, 1.82) is 0 Å². The highest BCUT2D eigenvalue weighted by atomic mass is 16.1. The molecule has 2 heteroatoms. The van der Waals surface area contributed by atoms with Crippen molar-refractivity contribution in [2.75, 3.05) is 19.6 Å². The summed E-state index contributed by atoms with van der Waals surface area (Å²) in [6.07, 6.45) is 0.608. The minimum Gasteiger partial charge on any atom is -0.303 e. The summed E-state index contributed by atoms with van der Waals surface area (Å²) >= 11 is 0. The fraction of sp³-hybridized carbons (Fsp3) is 0.588. The lowest BCUT2D eigenvalue weighted by Gasteiger charge is -2.19. The lowest BCUT2D eigenvalue weighted by atomic mass is 9.86. The average molecular weight is 261 g/mol. The summed E-state index contributed by atoms with van der Waals surface area (Å²) in [6, 6.07) is 8.07. The van der Waals surface area contributed by atoms with E-state index in [9.17, 15) is 4.79 Å². The van der Waals surface area contributed by atoms with Gasteiger partial charge in [-0.25, -0.2) is 0 Å². The number of hydrogen-bond donors (Lipinski definition) is 0. The van der Waals surface area contributed by atoms with Crippen LogP contribution in [0.5, 0.6) is 0 Å². The first-order valence-corrected chi connectivity index (χ1v) is 7.24. The lowest BCUT2D eigenvalue weighted by Crippen LogP contribution is -2.25. The fourth-order valence-corrected chi connectivity index (χ4v) is 2.10. The number of carbonyl (C=O) groups excluding carboxylic acids is 1. The van der Waals surface area contributed by atoms with Crippen LogP contribution in [-0.2, 0) is 5.41 Å². The van der Waals surface area contributed by atoms with Gasteiger partial charge < -0.3 is 4.90 Å². The van der Waals surface area contributed by atoms with Crippen molar-refractivity contribution in [2.24, 2.45) is 0 Å². The highest BCUT2D eigenvalue weighted by Crippen LogP contribution is 2.22. The van der Waals surface area contributed by atoms with E-state index in [0.717, 1.165) is 25.2 Å². The van der Waals surface area contributed by atoms with Gasteiger partial charge in [-0.1, -0.05) is 58.9 Å². The monoisotopic (exact) mass is 261 g/mol. The van der Waals surface area contributed by atoms with E-state index in [0.29, 0.717) is 6.42 Å². The first-order valence-electron chi connectivity index (χ1n) is 7.24. The molecule has 0 bridgehead atoms. The van der Waals surface area contributed by atoms with Gasteiger partial charge in [0.05, 0.1) is 0 Å². The van der Waals surface area contributed by atoms with Crippen molar-refractivity contribution in [3.63, 3.8) is 0 Å². The maximum Gasteiger partial charge on any atom is 0.164 e. The van der Waals surface area contributed by atoms with E-state index in [-0.39, 0.29) is 11.2 Å². The predicted molar refractivity (Wildman–Crippen MR) is 81.9 cm³/mol. The minimum absolute atomic E-state index is 0.142. The van der Waals surface area contributed by atoms with Crippen LogP contribution in [0.4, 0.5) is 0 Å². The highest BCUT2D eigenvalue weighted by molar-refractivity contribution is 5.96. The third-order valence-electron chi connectivity index (χ3n) is 3.62. The van der Waals surface area contributed by atoms with Crippen molar-refractivity contribution >= 4 is 5.78 Å². The molecule has 2 nitrogen and oxygen atoms in total. The van der Waals surface area contributed by atoms with E-state index in [1.807, 2.05) is 12.1 Å². The molecule has 0 atom stereocenters. The molecule has 1 rings (SSSR count). The summed E-state index contributed by atoms with van der Waals surface area (Å²) in [5.74, 6) is 0.243. The van der Waals surface area contributed by atoms with Crippen molar-refractivity contribution in [1.82, 2.24) is 4.90 Å². The van der Waals surface area contributed by atoms with Gasteiger partial charge in [0, 0.05) is 18.5 Å². The second-order valence-corrected chi connectivity index (χ2v) is 6.03. The molecular formula is C17H27NO. The van der Waals surface area contributed by atoms with Crippen LogP contribution >= 0.6 is 0 Å². The molecule has 0 saturated heterocycles. The van der Waals surface area contributed by atoms with E-state index in [2.05, 4.69) is 51.7 Å². The molecule has 0 aromatic heterocycles. The van der Waals surface area contributed by atoms with Gasteiger partial charge in [-0.15, -0.1) is 0 Å². The predicted octanol–water partition coefficient (Wildman–Crippen LogP) is 3.90. The zero-order valence-electron chi connectivity index (χ0n) is 13.0. The van der Waals surface area contributed by atoms with Crippen LogP contribution < -0.4 is 0 Å². The molecule has 0 fully saturated rings. The van der Waals surface area contributed by atoms with Crippen LogP contribution in [-0.4, -0.2) is 30.3 Å². The molecule has 1 aromatic carbocycles. The Morgan fingerprint density at radius 2 is 1.58 bits per heavy atom. The van der Waals surface area contributed by atoms with Gasteiger partial charge in [-0.3, -0.25) is 4.79 Å². The Hall–Kier alpha value is -1.15. The Morgan fingerprint density at radius 1 is 1.05 bits per heavy atom. The maximum atomic E-state index is 12.1. The first kappa shape index (κ1) is 15.9. The zero-order chi connectivity index (χ0) is 14.5. The molecular weight excluding hydrogens is 234 g/mol. The molecule has 0 radical (unpaired) electrons. The maximum absolute atomic E-state index is 12.1. The smallest absolute Gasteiger partial charge is 0.164 e. The molecule has 0 spiro atoms. The van der Waals surface area contributed by atoms with Gasteiger partial charge in [-0.2, -0.15) is 0 Å². The fourth-order valence-electron chi connectivity index (χ4n) is 2.10. The van der Waals surface area contributed by atoms with E-state index < -0.39 is 0 Å². The molecule has 0 saturated carbocycles. The van der Waals surface area contributed by atoms with Crippen molar-refractivity contribution < 1.29 is 4.79 Å². The van der Waals surface area contributed by atoms with E-state index in [1.54, 1.807) is 0 Å². The molecule has 1 aromatic rings. The SMILES string of the molecule is CCN(CC)CCC(=O)c1ccc(C(C)(C)C)cc1. The van der Waals surface area contributed by atoms with E-state index in [1.165, 1.54) is 5.56 Å². The Labute approximate surface area is 117 Å². The minimum atomic E-state index is 0.142. The molecule has 0 amide bonds. The van der Waals surface area contributed by atoms with Crippen molar-refractivity contribution in [2.45, 2.75) is 46.5 Å². The standard InChI is InChI=1S/C17H27NO/c1-6-18(7-2)13-12-16(19)14-8-10-15(11-9-14)17(3,4)5/h8-11H,6-7,12-13H2,1-5H3. The third-order valence-corrected chi connectivity index (χ3v) is 3.62. The summed E-state index contributed by atoms with van der Waals surface area (Å²) in [7, 11) is 0. The number of benzene rings is 1. The molecule has 0 N–H and O–H groups in total. The molecule has 19 heavy (non-hydrogen) atoms. The average Bonchev–Trinajstić information content (AvgIpc) is 2.39. The lowest BCUT2D eigenvalue weighted by molar-refractivity contribution is 0.0966. The quantitative estimate of drug-likeness (QED) is 0.724. The summed E-state index contributed by atoms with van der Waals surface area (Å²) in [5.41, 5.74) is 2.25. The number of Topliss-reactive ketones (excluding diaryl/α,β-unsaturated/α-hetero) is 1. The summed E-state index contributed by atoms with van der Waals surface area (Å²) in [6.45, 7) is 13.7. The largest absolute Gasteiger partial charge is 0.303 e. The second-order valence-electron chi connectivity index (χ2n) is 6.03. The van der Waals surface area contributed by atoms with Gasteiger partial charge in [0.1, 0.15) is 0 Å². The van der Waals surface area contributed by atoms with Gasteiger partial charge in [0.25, 0.3) is 0 Å². The van der Waals surface area contributed by atoms with Crippen LogP contribution in [0.15, 0.2) is 24.3 Å². The number of nitrogens with zero attached hydrogens (tertiary/aromatic N) is 1. The number of hydrogen-bond acceptors (Lipinski definition) is 2. The molecule has 0 heterocycles. The Balaban J connectivity index is 2.63. The van der Waals surface area contributed by atoms with Crippen LogP contribution in [0.2, 0.25) is 0 Å². The van der Waals surface area contributed by atoms with Crippen LogP contribution in [0.25, 0.3) is 0 Å². The van der Waals surface area contributed by atoms with Crippen LogP contribution in [0, 0.1) is 0 Å². The summed E-state index contributed by atoms with van der Waals surface area (Å²) in [5, 5.41) is 0. The second kappa shape index (κ2) is 6.85. The number of carbonyl (C=O) groups is 1. The van der Waals surface area contributed by atoms with E-state index in [4.69, 9.17) is 0 Å². The van der Waals surface area contributed by atoms with Crippen LogP contribution in [0.1, 0.15) is 57.0 Å². The highest BCUT2D eigenvalue weighted by Gasteiger charge is 2.14. The van der Waals surface area contributed by atoms with Gasteiger partial charge in [-0.05, 0) is 24.1 Å². The Bertz CT molecular complexity index is 396. The van der Waals surface area contributed by atoms with Crippen LogP contribution in [0.3, 0.4) is 0 Å². The van der Waals surface area contributed by atoms with Crippen molar-refractivity contribution in [3.05, 3.63) is 35.4 Å². The molecule has 0 aliphatic heterocycles. The zero-order valence-corrected chi connectivity index (χ0v) is 13.0. The molecule has 0 aliphatic carbocycles. The first-order chi connectivity index (χ1) is 8.88. The van der Waals surface area contributed by atoms with Gasteiger partial charge in [0.2, 0.25) is 0 Å². The van der Waals surface area contributed by atoms with E-state index >= 15 is 0 Å². The summed E-state index contributed by atoms with van der Waals surface area (Å²) < 4.78 is 0. The Morgan fingerprint density at radius 3 is 2.00 bits per heavy atom. The number of rotatable bonds is 6. The van der Waals surface area contributed by atoms with Crippen molar-refractivity contribution in [3.8, 4) is 0 Å². The van der Waals surface area contributed by atoms with Gasteiger partial charge >= 0.3 is 0 Å². The molecule has 106 valence electrons. The molecule has 0 aliphatic rings. The summed E-state index contributed by atoms with van der Waals surface area (Å²) in [4.78, 5) is 14.4. The Kier molecular flexibility index (Phi) is 5.74. The topological polar surface area (TPSA) is 20.3 Å². The molecule has 0 unspecified atom stereocenters. The number of ketones is 1.